The molecule has 3 N–H and O–H groups in total. The van der Waals surface area contributed by atoms with Crippen LogP contribution < -0.4 is 11.1 Å². The summed E-state index contributed by atoms with van der Waals surface area (Å²) >= 11 is 0. The van der Waals surface area contributed by atoms with Crippen LogP contribution in [0.25, 0.3) is 0 Å². The van der Waals surface area contributed by atoms with Crippen molar-refractivity contribution in [2.45, 2.75) is 40.5 Å². The van der Waals surface area contributed by atoms with Crippen LogP contribution in [-0.4, -0.2) is 42.9 Å². The standard InChI is InChI=1S/C14H27N3O2.ClH/c1-13(2,3)7-11(18)16-8-12(19)17-6-5-14(4,9-15)10-17;/h5-10,15H2,1-4H3,(H,16,18);1H. The molecule has 0 aromatic carbocycles. The van der Waals surface area contributed by atoms with Gasteiger partial charge < -0.3 is 16.0 Å². The van der Waals surface area contributed by atoms with E-state index in [2.05, 4.69) is 12.2 Å². The summed E-state index contributed by atoms with van der Waals surface area (Å²) in [4.78, 5) is 25.4. The van der Waals surface area contributed by atoms with Crippen molar-refractivity contribution >= 4 is 24.2 Å². The third-order valence-corrected chi connectivity index (χ3v) is 3.53. The number of carbonyl (C=O) groups excluding carboxylic acids is 2. The van der Waals surface area contributed by atoms with Crippen molar-refractivity contribution in [3.05, 3.63) is 0 Å². The number of amides is 2. The Morgan fingerprint density at radius 1 is 1.35 bits per heavy atom. The fraction of sp³-hybridized carbons (Fsp3) is 0.857. The molecule has 6 heteroatoms. The Balaban J connectivity index is 0.00000361. The molecule has 20 heavy (non-hydrogen) atoms. The summed E-state index contributed by atoms with van der Waals surface area (Å²) < 4.78 is 0. The Bertz CT molecular complexity index is 355. The lowest BCUT2D eigenvalue weighted by Gasteiger charge is -2.23. The van der Waals surface area contributed by atoms with Crippen LogP contribution in [0.2, 0.25) is 0 Å². The van der Waals surface area contributed by atoms with Gasteiger partial charge in [-0.3, -0.25) is 9.59 Å². The molecular formula is C14H28ClN3O2. The third kappa shape index (κ3) is 6.09. The molecule has 1 rings (SSSR count). The van der Waals surface area contributed by atoms with Crippen molar-refractivity contribution in [2.24, 2.45) is 16.6 Å². The van der Waals surface area contributed by atoms with Crippen LogP contribution in [0.4, 0.5) is 0 Å². The summed E-state index contributed by atoms with van der Waals surface area (Å²) in [6.45, 7) is 10.2. The molecule has 0 spiro atoms. The molecule has 1 aliphatic rings. The van der Waals surface area contributed by atoms with Gasteiger partial charge in [0.05, 0.1) is 6.54 Å². The van der Waals surface area contributed by atoms with Crippen molar-refractivity contribution in [1.82, 2.24) is 10.2 Å². The minimum Gasteiger partial charge on any atom is -0.347 e. The molecule has 1 unspecified atom stereocenters. The number of likely N-dealkylation sites (tertiary alicyclic amines) is 1. The van der Waals surface area contributed by atoms with Crippen LogP contribution in [0.5, 0.6) is 0 Å². The Kier molecular flexibility index (Phi) is 6.98. The minimum absolute atomic E-state index is 0. The van der Waals surface area contributed by atoms with E-state index in [4.69, 9.17) is 5.73 Å². The number of nitrogens with one attached hydrogen (secondary N) is 1. The van der Waals surface area contributed by atoms with Gasteiger partial charge in [0.25, 0.3) is 0 Å². The van der Waals surface area contributed by atoms with Gasteiger partial charge in [-0.1, -0.05) is 27.7 Å². The largest absolute Gasteiger partial charge is 0.347 e. The molecule has 1 fully saturated rings. The van der Waals surface area contributed by atoms with Crippen LogP contribution in [0, 0.1) is 10.8 Å². The quantitative estimate of drug-likeness (QED) is 0.818. The van der Waals surface area contributed by atoms with E-state index in [0.717, 1.165) is 13.0 Å². The Labute approximate surface area is 128 Å². The highest BCUT2D eigenvalue weighted by molar-refractivity contribution is 5.85. The normalized spacial score (nSPS) is 22.4. The van der Waals surface area contributed by atoms with Crippen molar-refractivity contribution in [3.63, 3.8) is 0 Å². The van der Waals surface area contributed by atoms with Crippen molar-refractivity contribution in [3.8, 4) is 0 Å². The summed E-state index contributed by atoms with van der Waals surface area (Å²) in [6.07, 6.45) is 1.37. The van der Waals surface area contributed by atoms with Crippen LogP contribution in [0.3, 0.4) is 0 Å². The first-order valence-corrected chi connectivity index (χ1v) is 6.90. The smallest absolute Gasteiger partial charge is 0.241 e. The van der Waals surface area contributed by atoms with Crippen molar-refractivity contribution in [1.29, 1.82) is 0 Å². The number of nitrogens with two attached hydrogens (primary N) is 1. The maximum atomic E-state index is 12.0. The molecule has 1 saturated heterocycles. The first-order valence-electron chi connectivity index (χ1n) is 6.90. The zero-order valence-corrected chi connectivity index (χ0v) is 13.8. The van der Waals surface area contributed by atoms with E-state index in [1.807, 2.05) is 20.8 Å². The monoisotopic (exact) mass is 305 g/mol. The molecule has 0 aromatic rings. The zero-order chi connectivity index (χ0) is 14.7. The predicted octanol–water partition coefficient (Wildman–Crippen LogP) is 1.16. The first kappa shape index (κ1) is 19.2. The van der Waals surface area contributed by atoms with E-state index >= 15 is 0 Å². The van der Waals surface area contributed by atoms with Crippen molar-refractivity contribution < 1.29 is 9.59 Å². The highest BCUT2D eigenvalue weighted by atomic mass is 35.5. The van der Waals surface area contributed by atoms with E-state index in [-0.39, 0.29) is 41.6 Å². The second kappa shape index (κ2) is 7.27. The molecule has 1 atom stereocenters. The second-order valence-corrected chi connectivity index (χ2v) is 7.09. The van der Waals surface area contributed by atoms with Crippen LogP contribution in [0.1, 0.15) is 40.5 Å². The average molecular weight is 306 g/mol. The molecule has 1 aliphatic heterocycles. The van der Waals surface area contributed by atoms with E-state index < -0.39 is 0 Å². The van der Waals surface area contributed by atoms with Crippen LogP contribution in [0.15, 0.2) is 0 Å². The fourth-order valence-electron chi connectivity index (χ4n) is 2.23. The Hall–Kier alpha value is -0.810. The zero-order valence-electron chi connectivity index (χ0n) is 13.0. The molecule has 0 radical (unpaired) electrons. The van der Waals surface area contributed by atoms with Gasteiger partial charge in [-0.2, -0.15) is 0 Å². The fourth-order valence-corrected chi connectivity index (χ4v) is 2.23. The lowest BCUT2D eigenvalue weighted by molar-refractivity contribution is -0.132. The average Bonchev–Trinajstić information content (AvgIpc) is 2.67. The molecule has 0 saturated carbocycles. The molecule has 0 aromatic heterocycles. The molecular weight excluding hydrogens is 278 g/mol. The van der Waals surface area contributed by atoms with Gasteiger partial charge in [0.15, 0.2) is 0 Å². The van der Waals surface area contributed by atoms with E-state index in [1.165, 1.54) is 0 Å². The van der Waals surface area contributed by atoms with E-state index in [9.17, 15) is 9.59 Å². The molecule has 0 aliphatic carbocycles. The van der Waals surface area contributed by atoms with Gasteiger partial charge in [0.2, 0.25) is 11.8 Å². The lowest BCUT2D eigenvalue weighted by Crippen LogP contribution is -2.41. The number of rotatable bonds is 4. The topological polar surface area (TPSA) is 75.4 Å². The predicted molar refractivity (Wildman–Crippen MR) is 82.7 cm³/mol. The molecule has 118 valence electrons. The number of nitrogens with zero attached hydrogens (tertiary/aromatic N) is 1. The maximum absolute atomic E-state index is 12.0. The Morgan fingerprint density at radius 2 is 1.95 bits per heavy atom. The summed E-state index contributed by atoms with van der Waals surface area (Å²) in [5.74, 6) is -0.0823. The summed E-state index contributed by atoms with van der Waals surface area (Å²) in [6, 6.07) is 0. The van der Waals surface area contributed by atoms with E-state index in [1.54, 1.807) is 4.90 Å². The number of halogens is 1. The van der Waals surface area contributed by atoms with Gasteiger partial charge >= 0.3 is 0 Å². The molecule has 2 amide bonds. The molecule has 5 nitrogen and oxygen atoms in total. The van der Waals surface area contributed by atoms with E-state index in [0.29, 0.717) is 19.5 Å². The van der Waals surface area contributed by atoms with Crippen molar-refractivity contribution in [2.75, 3.05) is 26.2 Å². The van der Waals surface area contributed by atoms with Gasteiger partial charge in [0, 0.05) is 19.5 Å². The summed E-state index contributed by atoms with van der Waals surface area (Å²) in [7, 11) is 0. The highest BCUT2D eigenvalue weighted by Gasteiger charge is 2.34. The highest BCUT2D eigenvalue weighted by Crippen LogP contribution is 2.28. The Morgan fingerprint density at radius 3 is 2.40 bits per heavy atom. The number of carbonyl (C=O) groups is 2. The number of hydrogen-bond donors (Lipinski definition) is 2. The lowest BCUT2D eigenvalue weighted by atomic mass is 9.90. The van der Waals surface area contributed by atoms with Gasteiger partial charge in [-0.25, -0.2) is 0 Å². The summed E-state index contributed by atoms with van der Waals surface area (Å²) in [5.41, 5.74) is 5.69. The van der Waals surface area contributed by atoms with Crippen LogP contribution in [-0.2, 0) is 9.59 Å². The third-order valence-electron chi connectivity index (χ3n) is 3.53. The molecule has 0 bridgehead atoms. The second-order valence-electron chi connectivity index (χ2n) is 7.09. The van der Waals surface area contributed by atoms with Gasteiger partial charge in [0.1, 0.15) is 0 Å². The maximum Gasteiger partial charge on any atom is 0.241 e. The first-order chi connectivity index (χ1) is 8.65. The summed E-state index contributed by atoms with van der Waals surface area (Å²) in [5, 5.41) is 2.70. The van der Waals surface area contributed by atoms with Crippen LogP contribution >= 0.6 is 12.4 Å². The minimum atomic E-state index is -0.0679. The molecule has 1 heterocycles. The number of hydrogen-bond acceptors (Lipinski definition) is 3. The van der Waals surface area contributed by atoms with Gasteiger partial charge in [-0.15, -0.1) is 12.4 Å². The SMILES string of the molecule is CC(C)(C)CC(=O)NCC(=O)N1CCC(C)(CN)C1.Cl. The van der Waals surface area contributed by atoms with Gasteiger partial charge in [-0.05, 0) is 23.8 Å².